The van der Waals surface area contributed by atoms with Crippen molar-refractivity contribution in [1.82, 2.24) is 19.8 Å². The molecule has 0 radical (unpaired) electrons. The monoisotopic (exact) mass is 509 g/mol. The van der Waals surface area contributed by atoms with Crippen LogP contribution in [0.15, 0.2) is 35.0 Å². The van der Waals surface area contributed by atoms with E-state index in [9.17, 15) is 9.59 Å². The largest absolute Gasteiger partial charge is 0.491 e. The van der Waals surface area contributed by atoms with Crippen molar-refractivity contribution in [3.05, 3.63) is 47.6 Å². The molecule has 2 aromatic heterocycles. The average molecular weight is 510 g/mol. The van der Waals surface area contributed by atoms with Crippen molar-refractivity contribution in [2.75, 3.05) is 18.5 Å². The summed E-state index contributed by atoms with van der Waals surface area (Å²) in [6.45, 7) is 10.3. The van der Waals surface area contributed by atoms with Gasteiger partial charge in [-0.1, -0.05) is 5.16 Å². The summed E-state index contributed by atoms with van der Waals surface area (Å²) in [5.41, 5.74) is 2.75. The van der Waals surface area contributed by atoms with E-state index in [0.717, 1.165) is 30.4 Å². The number of nitrogens with one attached hydrogen (secondary N) is 1. The van der Waals surface area contributed by atoms with Gasteiger partial charge in [0, 0.05) is 31.0 Å². The molecule has 0 aliphatic carbocycles. The summed E-state index contributed by atoms with van der Waals surface area (Å²) in [5, 5.41) is 11.1. The lowest BCUT2D eigenvalue weighted by atomic mass is 10.0. The Kier molecular flexibility index (Phi) is 7.56. The van der Waals surface area contributed by atoms with Crippen molar-refractivity contribution in [3.8, 4) is 16.9 Å². The second-order valence-electron chi connectivity index (χ2n) is 10.3. The van der Waals surface area contributed by atoms with Gasteiger partial charge in [-0.3, -0.25) is 9.48 Å². The fraction of sp³-hybridized carbons (Fsp3) is 0.481. The van der Waals surface area contributed by atoms with Crippen LogP contribution >= 0.6 is 0 Å². The van der Waals surface area contributed by atoms with Gasteiger partial charge >= 0.3 is 6.09 Å². The molecular weight excluding hydrogens is 474 g/mol. The van der Waals surface area contributed by atoms with Crippen LogP contribution in [0.25, 0.3) is 11.1 Å². The highest BCUT2D eigenvalue weighted by Gasteiger charge is 2.31. The first-order valence-electron chi connectivity index (χ1n) is 12.5. The van der Waals surface area contributed by atoms with Gasteiger partial charge < -0.3 is 24.2 Å². The maximum atomic E-state index is 12.8. The number of carbonyl (C=O) groups is 2. The molecule has 1 aliphatic rings. The Morgan fingerprint density at radius 2 is 1.97 bits per heavy atom. The Bertz CT molecular complexity index is 1250. The molecular formula is C27H35N5O5. The molecule has 1 atom stereocenters. The Balaban J connectivity index is 1.58. The zero-order valence-corrected chi connectivity index (χ0v) is 22.3. The lowest BCUT2D eigenvalue weighted by Gasteiger charge is -2.36. The Hall–Kier alpha value is -3.82. The van der Waals surface area contributed by atoms with Crippen molar-refractivity contribution in [3.63, 3.8) is 0 Å². The lowest BCUT2D eigenvalue weighted by Crippen LogP contribution is -2.48. The molecule has 1 aromatic carbocycles. The molecule has 0 spiro atoms. The number of anilines is 1. The highest BCUT2D eigenvalue weighted by atomic mass is 16.6. The molecule has 0 saturated carbocycles. The summed E-state index contributed by atoms with van der Waals surface area (Å²) in [6.07, 6.45) is 4.04. The third-order valence-corrected chi connectivity index (χ3v) is 6.28. The van der Waals surface area contributed by atoms with Crippen LogP contribution in [0, 0.1) is 13.8 Å². The number of amides is 2. The van der Waals surface area contributed by atoms with Crippen LogP contribution in [0.3, 0.4) is 0 Å². The molecule has 1 N–H and O–H groups in total. The maximum Gasteiger partial charge on any atom is 0.410 e. The number of benzene rings is 1. The molecule has 37 heavy (non-hydrogen) atoms. The summed E-state index contributed by atoms with van der Waals surface area (Å²) in [6, 6.07) is 7.01. The summed E-state index contributed by atoms with van der Waals surface area (Å²) < 4.78 is 18.9. The first kappa shape index (κ1) is 26.2. The topological polar surface area (TPSA) is 112 Å². The Morgan fingerprint density at radius 3 is 2.62 bits per heavy atom. The summed E-state index contributed by atoms with van der Waals surface area (Å²) in [7, 11) is 1.72. The second kappa shape index (κ2) is 10.7. The highest BCUT2D eigenvalue weighted by Crippen LogP contribution is 2.37. The molecule has 3 aromatic rings. The van der Waals surface area contributed by atoms with Gasteiger partial charge in [0.1, 0.15) is 29.4 Å². The second-order valence-corrected chi connectivity index (χ2v) is 10.3. The molecule has 1 aliphatic heterocycles. The van der Waals surface area contributed by atoms with Crippen LogP contribution in [0.5, 0.6) is 5.75 Å². The molecule has 0 unspecified atom stereocenters. The van der Waals surface area contributed by atoms with Gasteiger partial charge in [0.2, 0.25) is 0 Å². The van der Waals surface area contributed by atoms with Gasteiger partial charge in [0.15, 0.2) is 0 Å². The van der Waals surface area contributed by atoms with E-state index in [1.54, 1.807) is 30.3 Å². The molecule has 10 nitrogen and oxygen atoms in total. The van der Waals surface area contributed by atoms with Crippen molar-refractivity contribution in [2.24, 2.45) is 7.05 Å². The molecule has 2 amide bonds. The maximum absolute atomic E-state index is 12.8. The van der Waals surface area contributed by atoms with E-state index in [1.165, 1.54) is 4.68 Å². The number of hydrogen-bond donors (Lipinski definition) is 1. The van der Waals surface area contributed by atoms with Crippen LogP contribution in [-0.2, 0) is 11.8 Å². The number of likely N-dealkylation sites (tertiary alicyclic amines) is 1. The Labute approximate surface area is 216 Å². The van der Waals surface area contributed by atoms with Gasteiger partial charge in [-0.25, -0.2) is 4.79 Å². The number of aryl methyl sites for hydroxylation is 3. The summed E-state index contributed by atoms with van der Waals surface area (Å²) in [5.74, 6) is 0.988. The third kappa shape index (κ3) is 6.12. The first-order valence-corrected chi connectivity index (χ1v) is 12.5. The molecule has 10 heteroatoms. The van der Waals surface area contributed by atoms with E-state index in [2.05, 4.69) is 15.6 Å². The minimum Gasteiger partial charge on any atom is -0.491 e. The van der Waals surface area contributed by atoms with E-state index in [-0.39, 0.29) is 18.0 Å². The van der Waals surface area contributed by atoms with Gasteiger partial charge in [0.05, 0.1) is 17.3 Å². The van der Waals surface area contributed by atoms with Crippen LogP contribution in [-0.4, -0.2) is 56.6 Å². The summed E-state index contributed by atoms with van der Waals surface area (Å²) in [4.78, 5) is 27.4. The number of carbonyl (C=O) groups excluding carboxylic acids is 2. The van der Waals surface area contributed by atoms with E-state index < -0.39 is 5.60 Å². The van der Waals surface area contributed by atoms with Crippen molar-refractivity contribution >= 4 is 17.7 Å². The van der Waals surface area contributed by atoms with Crippen molar-refractivity contribution in [1.29, 1.82) is 0 Å². The fourth-order valence-corrected chi connectivity index (χ4v) is 4.51. The van der Waals surface area contributed by atoms with Crippen LogP contribution in [0.2, 0.25) is 0 Å². The zero-order valence-electron chi connectivity index (χ0n) is 22.3. The van der Waals surface area contributed by atoms with Gasteiger partial charge in [-0.05, 0) is 78.1 Å². The molecule has 1 saturated heterocycles. The smallest absolute Gasteiger partial charge is 0.410 e. The first-order chi connectivity index (χ1) is 17.5. The number of hydrogen-bond acceptors (Lipinski definition) is 7. The zero-order chi connectivity index (χ0) is 26.7. The van der Waals surface area contributed by atoms with Crippen LogP contribution in [0.4, 0.5) is 10.5 Å². The van der Waals surface area contributed by atoms with E-state index in [1.807, 2.05) is 46.8 Å². The number of aromatic nitrogens is 3. The van der Waals surface area contributed by atoms with Gasteiger partial charge in [-0.2, -0.15) is 5.10 Å². The number of ether oxygens (including phenoxy) is 2. The highest BCUT2D eigenvalue weighted by molar-refractivity contribution is 6.03. The number of piperidine rings is 1. The van der Waals surface area contributed by atoms with E-state index in [0.29, 0.717) is 41.7 Å². The quantitative estimate of drug-likeness (QED) is 0.491. The third-order valence-electron chi connectivity index (χ3n) is 6.28. The van der Waals surface area contributed by atoms with Crippen LogP contribution in [0.1, 0.15) is 62.0 Å². The van der Waals surface area contributed by atoms with Gasteiger partial charge in [0.25, 0.3) is 5.91 Å². The SMILES string of the molecule is Cc1noc(C)c1-c1cc(NC(=O)c2ccnn2C)ccc1OC[C@H]1CCCCN1C(=O)OC(C)(C)C. The Morgan fingerprint density at radius 1 is 1.19 bits per heavy atom. The van der Waals surface area contributed by atoms with E-state index in [4.69, 9.17) is 14.0 Å². The van der Waals surface area contributed by atoms with Crippen LogP contribution < -0.4 is 10.1 Å². The predicted octanol–water partition coefficient (Wildman–Crippen LogP) is 5.11. The molecule has 198 valence electrons. The van der Waals surface area contributed by atoms with E-state index >= 15 is 0 Å². The minimum absolute atomic E-state index is 0.106. The number of rotatable bonds is 6. The standard InChI is InChI=1S/C27H35N5O5/c1-17-24(18(2)37-30-17)21-15-19(29-25(33)22-12-13-28-31(22)6)10-11-23(21)35-16-20-9-7-8-14-32(20)26(34)36-27(3,4)5/h10-13,15,20H,7-9,14,16H2,1-6H3,(H,29,33)/t20-/m1/s1. The van der Waals surface area contributed by atoms with Crippen molar-refractivity contribution in [2.45, 2.75) is 65.5 Å². The lowest BCUT2D eigenvalue weighted by molar-refractivity contribution is 0.00364. The average Bonchev–Trinajstić information content (AvgIpc) is 3.41. The molecule has 0 bridgehead atoms. The van der Waals surface area contributed by atoms with Crippen molar-refractivity contribution < 1.29 is 23.6 Å². The minimum atomic E-state index is -0.563. The molecule has 1 fully saturated rings. The molecule has 4 rings (SSSR count). The molecule has 3 heterocycles. The fourth-order valence-electron chi connectivity index (χ4n) is 4.51. The predicted molar refractivity (Wildman–Crippen MR) is 139 cm³/mol. The van der Waals surface area contributed by atoms with Gasteiger partial charge in [-0.15, -0.1) is 0 Å². The number of nitrogens with zero attached hydrogens (tertiary/aromatic N) is 4. The summed E-state index contributed by atoms with van der Waals surface area (Å²) >= 11 is 0. The normalized spacial score (nSPS) is 15.9.